The van der Waals surface area contributed by atoms with Crippen LogP contribution in [0.5, 0.6) is 0 Å². The fourth-order valence-corrected chi connectivity index (χ4v) is 4.03. The van der Waals surface area contributed by atoms with E-state index in [2.05, 4.69) is 4.98 Å². The summed E-state index contributed by atoms with van der Waals surface area (Å²) in [5, 5.41) is 0. The maximum Gasteiger partial charge on any atom is 0.329 e. The molecule has 0 unspecified atom stereocenters. The monoisotopic (exact) mass is 434 g/mol. The number of rotatable bonds is 8. The maximum atomic E-state index is 13.3. The molecule has 1 aliphatic carbocycles. The van der Waals surface area contributed by atoms with E-state index in [9.17, 15) is 14.4 Å². The third kappa shape index (κ3) is 4.95. The second kappa shape index (κ2) is 9.89. The van der Waals surface area contributed by atoms with E-state index in [1.807, 2.05) is 60.7 Å². The van der Waals surface area contributed by atoms with Crippen molar-refractivity contribution in [1.82, 2.24) is 9.55 Å². The molecule has 1 aromatic heterocycles. The number of aromatic nitrogens is 2. The molecular formula is C25H26N2O5. The maximum absolute atomic E-state index is 13.3. The molecule has 3 aromatic rings. The third-order valence-corrected chi connectivity index (χ3v) is 5.80. The summed E-state index contributed by atoms with van der Waals surface area (Å²) in [5.41, 5.74) is 1.36. The second-order valence-corrected chi connectivity index (χ2v) is 8.07. The molecule has 7 nitrogen and oxygen atoms in total. The van der Waals surface area contributed by atoms with Gasteiger partial charge in [-0.05, 0) is 18.1 Å². The van der Waals surface area contributed by atoms with Crippen molar-refractivity contribution in [3.8, 4) is 0 Å². The fourth-order valence-electron chi connectivity index (χ4n) is 4.03. The average molecular weight is 434 g/mol. The molecule has 0 saturated heterocycles. The van der Waals surface area contributed by atoms with Crippen LogP contribution in [0, 0.1) is 12.8 Å². The number of ketones is 1. The summed E-state index contributed by atoms with van der Waals surface area (Å²) in [5.74, 6) is -0.628. The number of benzene rings is 2. The van der Waals surface area contributed by atoms with E-state index >= 15 is 0 Å². The van der Waals surface area contributed by atoms with Gasteiger partial charge in [0.1, 0.15) is 0 Å². The fraction of sp³-hybridized carbons (Fsp3) is 0.320. The van der Waals surface area contributed by atoms with Crippen molar-refractivity contribution in [2.75, 3.05) is 6.61 Å². The van der Waals surface area contributed by atoms with Crippen LogP contribution in [-0.4, -0.2) is 28.0 Å². The highest BCUT2D eigenvalue weighted by Gasteiger charge is 2.44. The molecule has 1 heterocycles. The van der Waals surface area contributed by atoms with Gasteiger partial charge >= 0.3 is 5.69 Å². The first-order valence-electron chi connectivity index (χ1n) is 10.7. The van der Waals surface area contributed by atoms with Gasteiger partial charge in [0, 0.05) is 18.2 Å². The number of Topliss-reactive ketones (excluding diaryl/α,β-unsaturated/α-hetero) is 1. The number of hydrogen-bond acceptors (Lipinski definition) is 5. The van der Waals surface area contributed by atoms with Crippen molar-refractivity contribution in [3.63, 3.8) is 0 Å². The van der Waals surface area contributed by atoms with Gasteiger partial charge < -0.3 is 9.47 Å². The van der Waals surface area contributed by atoms with E-state index in [1.54, 1.807) is 6.92 Å². The Hall–Kier alpha value is -3.29. The Morgan fingerprint density at radius 2 is 1.56 bits per heavy atom. The molecule has 7 heteroatoms. The van der Waals surface area contributed by atoms with E-state index in [4.69, 9.17) is 9.47 Å². The molecule has 1 aliphatic rings. The molecule has 1 saturated carbocycles. The summed E-state index contributed by atoms with van der Waals surface area (Å²) < 4.78 is 13.3. The van der Waals surface area contributed by atoms with Gasteiger partial charge in [0.15, 0.2) is 5.78 Å². The van der Waals surface area contributed by atoms with E-state index in [-0.39, 0.29) is 12.4 Å². The number of hydrogen-bond donors (Lipinski definition) is 1. The number of nitrogens with one attached hydrogen (secondary N) is 1. The highest BCUT2D eigenvalue weighted by molar-refractivity contribution is 5.88. The van der Waals surface area contributed by atoms with Crippen molar-refractivity contribution >= 4 is 5.78 Å². The van der Waals surface area contributed by atoms with Gasteiger partial charge in [0.25, 0.3) is 5.56 Å². The first-order valence-corrected chi connectivity index (χ1v) is 10.7. The van der Waals surface area contributed by atoms with Crippen LogP contribution in [0.15, 0.2) is 76.4 Å². The Balaban J connectivity index is 1.52. The highest BCUT2D eigenvalue weighted by atomic mass is 16.5. The van der Waals surface area contributed by atoms with E-state index in [1.165, 1.54) is 10.8 Å². The van der Waals surface area contributed by atoms with Crippen LogP contribution >= 0.6 is 0 Å². The number of aromatic amines is 1. The molecule has 0 radical (unpaired) electrons. The Bertz CT molecular complexity index is 1170. The predicted molar refractivity (Wildman–Crippen MR) is 119 cm³/mol. The van der Waals surface area contributed by atoms with E-state index in [0.29, 0.717) is 25.2 Å². The summed E-state index contributed by atoms with van der Waals surface area (Å²) in [6.45, 7) is 2.55. The lowest BCUT2D eigenvalue weighted by atomic mass is 10.1. The number of carbonyl (C=O) groups is 1. The van der Waals surface area contributed by atoms with Crippen LogP contribution in [0.2, 0.25) is 0 Å². The second-order valence-electron chi connectivity index (χ2n) is 8.07. The normalized spacial score (nSPS) is 20.5. The van der Waals surface area contributed by atoms with Gasteiger partial charge in [-0.25, -0.2) is 4.79 Å². The molecule has 0 bridgehead atoms. The van der Waals surface area contributed by atoms with Crippen LogP contribution in [-0.2, 0) is 27.5 Å². The molecule has 166 valence electrons. The number of carbonyl (C=O) groups excluding carboxylic acids is 1. The van der Waals surface area contributed by atoms with E-state index < -0.39 is 29.3 Å². The van der Waals surface area contributed by atoms with Crippen molar-refractivity contribution in [1.29, 1.82) is 0 Å². The highest BCUT2D eigenvalue weighted by Crippen LogP contribution is 2.34. The summed E-state index contributed by atoms with van der Waals surface area (Å²) >= 11 is 0. The average Bonchev–Trinajstić information content (AvgIpc) is 3.11. The zero-order chi connectivity index (χ0) is 22.5. The minimum atomic E-state index is -0.704. The molecule has 3 atom stereocenters. The molecule has 0 aliphatic heterocycles. The van der Waals surface area contributed by atoms with Crippen molar-refractivity contribution in [2.45, 2.75) is 38.7 Å². The number of aryl methyl sites for hydroxylation is 1. The zero-order valence-corrected chi connectivity index (χ0v) is 17.9. The lowest BCUT2D eigenvalue weighted by molar-refractivity contribution is -0.128. The summed E-state index contributed by atoms with van der Waals surface area (Å²) in [6, 6.07) is 18.8. The summed E-state index contributed by atoms with van der Waals surface area (Å²) in [6.07, 6.45) is 1.39. The lowest BCUT2D eigenvalue weighted by Gasteiger charge is -2.19. The van der Waals surface area contributed by atoms with Crippen LogP contribution < -0.4 is 11.2 Å². The molecule has 1 N–H and O–H groups in total. The molecular weight excluding hydrogens is 408 g/mol. The van der Waals surface area contributed by atoms with Crippen molar-refractivity contribution < 1.29 is 14.3 Å². The Morgan fingerprint density at radius 3 is 2.22 bits per heavy atom. The molecule has 2 aromatic carbocycles. The number of nitrogens with zero attached hydrogens (tertiary/aromatic N) is 1. The molecule has 4 rings (SSSR count). The van der Waals surface area contributed by atoms with Gasteiger partial charge in [-0.2, -0.15) is 0 Å². The first-order chi connectivity index (χ1) is 15.5. The minimum absolute atomic E-state index is 0.121. The summed E-state index contributed by atoms with van der Waals surface area (Å²) in [4.78, 5) is 39.7. The topological polar surface area (TPSA) is 90.4 Å². The van der Waals surface area contributed by atoms with Gasteiger partial charge in [-0.3, -0.25) is 19.1 Å². The minimum Gasteiger partial charge on any atom is -0.376 e. The van der Waals surface area contributed by atoms with Crippen LogP contribution in [0.3, 0.4) is 0 Å². The Morgan fingerprint density at radius 1 is 0.938 bits per heavy atom. The third-order valence-electron chi connectivity index (χ3n) is 5.80. The molecule has 0 amide bonds. The quantitative estimate of drug-likeness (QED) is 0.589. The molecule has 0 spiro atoms. The van der Waals surface area contributed by atoms with Gasteiger partial charge in [-0.1, -0.05) is 60.7 Å². The molecule has 1 fully saturated rings. The van der Waals surface area contributed by atoms with Crippen LogP contribution in [0.4, 0.5) is 0 Å². The Labute approximate surface area is 185 Å². The zero-order valence-electron chi connectivity index (χ0n) is 17.9. The number of H-pyrrole nitrogens is 1. The lowest BCUT2D eigenvalue weighted by Crippen LogP contribution is -2.35. The van der Waals surface area contributed by atoms with Gasteiger partial charge in [0.05, 0.1) is 37.9 Å². The van der Waals surface area contributed by atoms with Crippen LogP contribution in [0.1, 0.15) is 29.2 Å². The van der Waals surface area contributed by atoms with Crippen molar-refractivity contribution in [2.24, 2.45) is 5.92 Å². The predicted octanol–water partition coefficient (Wildman–Crippen LogP) is 2.78. The van der Waals surface area contributed by atoms with E-state index in [0.717, 1.165) is 11.1 Å². The smallest absolute Gasteiger partial charge is 0.329 e. The van der Waals surface area contributed by atoms with Crippen molar-refractivity contribution in [3.05, 3.63) is 104 Å². The van der Waals surface area contributed by atoms with Gasteiger partial charge in [-0.15, -0.1) is 0 Å². The standard InChI is InChI=1S/C25H26N2O5/c1-17-13-27(25(30)26-24(17)29)21-12-22(32-15-19-10-6-3-7-11-19)20(23(21)28)16-31-14-18-8-4-2-5-9-18/h2-11,13,20-22H,12,14-16H2,1H3,(H,26,29,30)/t20-,21+,22+/m1/s1. The van der Waals surface area contributed by atoms with Gasteiger partial charge in [0.2, 0.25) is 0 Å². The Kier molecular flexibility index (Phi) is 6.78. The summed E-state index contributed by atoms with van der Waals surface area (Å²) in [7, 11) is 0. The first kappa shape index (κ1) is 21.9. The molecule has 32 heavy (non-hydrogen) atoms. The number of ether oxygens (including phenoxy) is 2. The SMILES string of the molecule is Cc1cn([C@H]2C[C@H](OCc3ccccc3)[C@@H](COCc3ccccc3)C2=O)c(=O)[nH]c1=O. The largest absolute Gasteiger partial charge is 0.376 e. The van der Waals surface area contributed by atoms with Crippen LogP contribution in [0.25, 0.3) is 0 Å².